The van der Waals surface area contributed by atoms with E-state index >= 15 is 0 Å². The van der Waals surface area contributed by atoms with E-state index < -0.39 is 0 Å². The van der Waals surface area contributed by atoms with Crippen LogP contribution in [-0.4, -0.2) is 12.6 Å². The lowest BCUT2D eigenvalue weighted by Gasteiger charge is -1.97. The Balaban J connectivity index is 1.93. The van der Waals surface area contributed by atoms with E-state index in [1.54, 1.807) is 0 Å². The highest BCUT2D eigenvalue weighted by Crippen LogP contribution is 2.32. The molecule has 2 unspecified atom stereocenters. The Kier molecular flexibility index (Phi) is 2.70. The predicted octanol–water partition coefficient (Wildman–Crippen LogP) is 1.29. The standard InChI is InChI=1S/C8H14N2/c1-2-7-6-8(7)10-5-3-4-9/h7-8,10H,2-3,5-6H2,1H3. The minimum atomic E-state index is 0.646. The minimum absolute atomic E-state index is 0.646. The molecule has 0 aromatic rings. The lowest BCUT2D eigenvalue weighted by molar-refractivity contribution is 0.629. The quantitative estimate of drug-likeness (QED) is 0.594. The van der Waals surface area contributed by atoms with Crippen LogP contribution in [0.15, 0.2) is 0 Å². The molecule has 0 heterocycles. The van der Waals surface area contributed by atoms with E-state index in [9.17, 15) is 0 Å². The molecule has 2 heteroatoms. The molecule has 0 aliphatic heterocycles. The molecule has 0 spiro atoms. The summed E-state index contributed by atoms with van der Waals surface area (Å²) in [6, 6.07) is 2.86. The second-order valence-corrected chi connectivity index (χ2v) is 2.87. The maximum Gasteiger partial charge on any atom is 0.0635 e. The lowest BCUT2D eigenvalue weighted by Crippen LogP contribution is -2.18. The summed E-state index contributed by atoms with van der Waals surface area (Å²) in [6.45, 7) is 3.09. The second-order valence-electron chi connectivity index (χ2n) is 2.87. The molecule has 1 saturated carbocycles. The Morgan fingerprint density at radius 1 is 1.70 bits per heavy atom. The van der Waals surface area contributed by atoms with Gasteiger partial charge in [-0.1, -0.05) is 13.3 Å². The Morgan fingerprint density at radius 3 is 3.00 bits per heavy atom. The molecule has 0 saturated heterocycles. The van der Waals surface area contributed by atoms with Crippen molar-refractivity contribution in [3.05, 3.63) is 0 Å². The van der Waals surface area contributed by atoms with Crippen molar-refractivity contribution in [1.82, 2.24) is 5.32 Å². The monoisotopic (exact) mass is 138 g/mol. The van der Waals surface area contributed by atoms with Crippen molar-refractivity contribution in [3.8, 4) is 6.07 Å². The van der Waals surface area contributed by atoms with E-state index in [1.807, 2.05) is 0 Å². The first kappa shape index (κ1) is 7.56. The molecule has 0 aromatic heterocycles. The average Bonchev–Trinajstić information content (AvgIpc) is 2.68. The SMILES string of the molecule is CCC1CC1NCCC#N. The number of nitriles is 1. The van der Waals surface area contributed by atoms with E-state index in [1.165, 1.54) is 12.8 Å². The molecular formula is C8H14N2. The Bertz CT molecular complexity index is 137. The highest BCUT2D eigenvalue weighted by atomic mass is 15.0. The number of nitrogens with one attached hydrogen (secondary N) is 1. The van der Waals surface area contributed by atoms with Crippen LogP contribution in [0.2, 0.25) is 0 Å². The van der Waals surface area contributed by atoms with Gasteiger partial charge in [0.2, 0.25) is 0 Å². The van der Waals surface area contributed by atoms with Gasteiger partial charge >= 0.3 is 0 Å². The van der Waals surface area contributed by atoms with Gasteiger partial charge in [0.25, 0.3) is 0 Å². The summed E-state index contributed by atoms with van der Waals surface area (Å²) in [5.41, 5.74) is 0. The van der Waals surface area contributed by atoms with Crippen LogP contribution in [0, 0.1) is 17.2 Å². The highest BCUT2D eigenvalue weighted by molar-refractivity contribution is 4.92. The van der Waals surface area contributed by atoms with Gasteiger partial charge < -0.3 is 5.32 Å². The summed E-state index contributed by atoms with van der Waals surface area (Å²) in [7, 11) is 0. The first-order valence-corrected chi connectivity index (χ1v) is 3.98. The van der Waals surface area contributed by atoms with Crippen LogP contribution in [0.4, 0.5) is 0 Å². The smallest absolute Gasteiger partial charge is 0.0635 e. The fourth-order valence-corrected chi connectivity index (χ4v) is 1.26. The third-order valence-electron chi connectivity index (χ3n) is 2.09. The third-order valence-corrected chi connectivity index (χ3v) is 2.09. The van der Waals surface area contributed by atoms with Crippen molar-refractivity contribution in [3.63, 3.8) is 0 Å². The number of nitrogens with zero attached hydrogens (tertiary/aromatic N) is 1. The molecule has 1 fully saturated rings. The summed E-state index contributed by atoms with van der Waals surface area (Å²) in [5, 5.41) is 11.6. The van der Waals surface area contributed by atoms with Crippen molar-refractivity contribution in [1.29, 1.82) is 5.26 Å². The summed E-state index contributed by atoms with van der Waals surface area (Å²) in [6.07, 6.45) is 3.25. The topological polar surface area (TPSA) is 35.8 Å². The van der Waals surface area contributed by atoms with E-state index in [0.717, 1.165) is 18.5 Å². The fourth-order valence-electron chi connectivity index (χ4n) is 1.26. The van der Waals surface area contributed by atoms with Crippen molar-refractivity contribution >= 4 is 0 Å². The largest absolute Gasteiger partial charge is 0.313 e. The van der Waals surface area contributed by atoms with Crippen LogP contribution in [0.5, 0.6) is 0 Å². The second kappa shape index (κ2) is 3.58. The zero-order chi connectivity index (χ0) is 7.40. The molecule has 0 bridgehead atoms. The van der Waals surface area contributed by atoms with E-state index in [4.69, 9.17) is 5.26 Å². The summed E-state index contributed by atoms with van der Waals surface area (Å²) in [5.74, 6) is 0.902. The Labute approximate surface area is 62.2 Å². The highest BCUT2D eigenvalue weighted by Gasteiger charge is 2.34. The fraction of sp³-hybridized carbons (Fsp3) is 0.875. The molecule has 1 rings (SSSR count). The van der Waals surface area contributed by atoms with Crippen LogP contribution < -0.4 is 5.32 Å². The molecule has 56 valence electrons. The molecule has 1 aliphatic carbocycles. The molecule has 0 amide bonds. The van der Waals surface area contributed by atoms with Crippen molar-refractivity contribution in [2.45, 2.75) is 32.2 Å². The summed E-state index contributed by atoms with van der Waals surface area (Å²) in [4.78, 5) is 0. The Hall–Kier alpha value is -0.550. The van der Waals surface area contributed by atoms with Gasteiger partial charge in [-0.3, -0.25) is 0 Å². The van der Waals surface area contributed by atoms with Gasteiger partial charge in [-0.25, -0.2) is 0 Å². The minimum Gasteiger partial charge on any atom is -0.313 e. The zero-order valence-electron chi connectivity index (χ0n) is 6.43. The predicted molar refractivity (Wildman–Crippen MR) is 40.4 cm³/mol. The summed E-state index contributed by atoms with van der Waals surface area (Å²) >= 11 is 0. The Morgan fingerprint density at radius 2 is 2.50 bits per heavy atom. The van der Waals surface area contributed by atoms with E-state index in [2.05, 4.69) is 18.3 Å². The van der Waals surface area contributed by atoms with E-state index in [-0.39, 0.29) is 0 Å². The van der Waals surface area contributed by atoms with E-state index in [0.29, 0.717) is 6.42 Å². The molecule has 1 N–H and O–H groups in total. The number of rotatable bonds is 4. The van der Waals surface area contributed by atoms with Crippen LogP contribution in [-0.2, 0) is 0 Å². The van der Waals surface area contributed by atoms with Crippen LogP contribution in [0.3, 0.4) is 0 Å². The molecule has 0 radical (unpaired) electrons. The first-order valence-electron chi connectivity index (χ1n) is 3.98. The molecule has 1 aliphatic rings. The molecule has 2 atom stereocenters. The maximum absolute atomic E-state index is 8.23. The average molecular weight is 138 g/mol. The van der Waals surface area contributed by atoms with Gasteiger partial charge in [-0.2, -0.15) is 5.26 Å². The normalized spacial score (nSPS) is 29.6. The number of hydrogen-bond donors (Lipinski definition) is 1. The van der Waals surface area contributed by atoms with Crippen LogP contribution in [0.25, 0.3) is 0 Å². The maximum atomic E-state index is 8.23. The van der Waals surface area contributed by atoms with Gasteiger partial charge in [-0.15, -0.1) is 0 Å². The van der Waals surface area contributed by atoms with Gasteiger partial charge in [0.05, 0.1) is 6.07 Å². The van der Waals surface area contributed by atoms with Crippen molar-refractivity contribution in [2.24, 2.45) is 5.92 Å². The third kappa shape index (κ3) is 2.00. The molecule has 2 nitrogen and oxygen atoms in total. The molecular weight excluding hydrogens is 124 g/mol. The van der Waals surface area contributed by atoms with Gasteiger partial charge in [0, 0.05) is 19.0 Å². The molecule has 0 aromatic carbocycles. The van der Waals surface area contributed by atoms with Crippen LogP contribution in [0.1, 0.15) is 26.2 Å². The zero-order valence-corrected chi connectivity index (χ0v) is 6.43. The van der Waals surface area contributed by atoms with Crippen LogP contribution >= 0.6 is 0 Å². The summed E-state index contributed by atoms with van der Waals surface area (Å²) < 4.78 is 0. The van der Waals surface area contributed by atoms with Gasteiger partial charge in [0.1, 0.15) is 0 Å². The van der Waals surface area contributed by atoms with Gasteiger partial charge in [0.15, 0.2) is 0 Å². The first-order chi connectivity index (χ1) is 4.88. The van der Waals surface area contributed by atoms with Gasteiger partial charge in [-0.05, 0) is 12.3 Å². The number of hydrogen-bond acceptors (Lipinski definition) is 2. The van der Waals surface area contributed by atoms with Crippen molar-refractivity contribution in [2.75, 3.05) is 6.54 Å². The van der Waals surface area contributed by atoms with Crippen molar-refractivity contribution < 1.29 is 0 Å². The molecule has 10 heavy (non-hydrogen) atoms. The lowest BCUT2D eigenvalue weighted by atomic mass is 10.3.